The standard InChI is InChI=1S/C15H14ClN3/c1-9-6-12-13(7-10(9)2)19(3)15(18-12)11-4-5-14(16)17-8-11/h4-8H,1-3H3. The van der Waals surface area contributed by atoms with Crippen molar-refractivity contribution in [2.24, 2.45) is 7.05 Å². The molecule has 0 N–H and O–H groups in total. The van der Waals surface area contributed by atoms with Crippen molar-refractivity contribution in [3.05, 3.63) is 46.7 Å². The van der Waals surface area contributed by atoms with Gasteiger partial charge in [0.05, 0.1) is 11.0 Å². The third kappa shape index (κ3) is 2.00. The van der Waals surface area contributed by atoms with Crippen LogP contribution in [0.3, 0.4) is 0 Å². The van der Waals surface area contributed by atoms with Crippen LogP contribution in [0.4, 0.5) is 0 Å². The number of hydrogen-bond donors (Lipinski definition) is 0. The molecule has 96 valence electrons. The van der Waals surface area contributed by atoms with Gasteiger partial charge in [0, 0.05) is 18.8 Å². The van der Waals surface area contributed by atoms with Gasteiger partial charge in [-0.25, -0.2) is 9.97 Å². The quantitative estimate of drug-likeness (QED) is 0.629. The lowest BCUT2D eigenvalue weighted by Crippen LogP contribution is -1.93. The van der Waals surface area contributed by atoms with Gasteiger partial charge in [0.25, 0.3) is 0 Å². The molecule has 3 nitrogen and oxygen atoms in total. The average Bonchev–Trinajstić information content (AvgIpc) is 2.69. The maximum Gasteiger partial charge on any atom is 0.142 e. The third-order valence-electron chi connectivity index (χ3n) is 3.48. The van der Waals surface area contributed by atoms with E-state index in [0.717, 1.165) is 22.4 Å². The first kappa shape index (κ1) is 12.2. The van der Waals surface area contributed by atoms with E-state index >= 15 is 0 Å². The van der Waals surface area contributed by atoms with E-state index in [1.54, 1.807) is 12.3 Å². The Kier molecular flexibility index (Phi) is 2.79. The summed E-state index contributed by atoms with van der Waals surface area (Å²) in [6, 6.07) is 8.02. The van der Waals surface area contributed by atoms with Crippen molar-refractivity contribution in [3.63, 3.8) is 0 Å². The molecule has 2 heterocycles. The van der Waals surface area contributed by atoms with E-state index in [0.29, 0.717) is 5.15 Å². The SMILES string of the molecule is Cc1cc2nc(-c3ccc(Cl)nc3)n(C)c2cc1C. The Hall–Kier alpha value is -1.87. The predicted octanol–water partition coefficient (Wildman–Crippen LogP) is 3.91. The van der Waals surface area contributed by atoms with E-state index in [9.17, 15) is 0 Å². The Morgan fingerprint density at radius 1 is 1.11 bits per heavy atom. The third-order valence-corrected chi connectivity index (χ3v) is 3.71. The van der Waals surface area contributed by atoms with Crippen LogP contribution in [0.5, 0.6) is 0 Å². The second-order valence-corrected chi connectivity index (χ2v) is 5.18. The first-order valence-corrected chi connectivity index (χ1v) is 6.49. The van der Waals surface area contributed by atoms with Crippen molar-refractivity contribution in [2.75, 3.05) is 0 Å². The normalized spacial score (nSPS) is 11.2. The number of hydrogen-bond acceptors (Lipinski definition) is 2. The molecule has 0 aliphatic carbocycles. The molecule has 0 saturated heterocycles. The number of rotatable bonds is 1. The molecule has 0 unspecified atom stereocenters. The summed E-state index contributed by atoms with van der Waals surface area (Å²) in [4.78, 5) is 8.81. The van der Waals surface area contributed by atoms with E-state index in [1.807, 2.05) is 13.1 Å². The zero-order chi connectivity index (χ0) is 13.6. The molecule has 0 fully saturated rings. The molecular weight excluding hydrogens is 258 g/mol. The van der Waals surface area contributed by atoms with Crippen LogP contribution in [0.2, 0.25) is 5.15 Å². The minimum absolute atomic E-state index is 0.495. The Morgan fingerprint density at radius 3 is 2.53 bits per heavy atom. The number of halogens is 1. The van der Waals surface area contributed by atoms with Crippen molar-refractivity contribution in [1.29, 1.82) is 0 Å². The summed E-state index contributed by atoms with van der Waals surface area (Å²) in [5.41, 5.74) is 5.64. The Labute approximate surface area is 116 Å². The van der Waals surface area contributed by atoms with Gasteiger partial charge < -0.3 is 4.57 Å². The number of imidazole rings is 1. The zero-order valence-electron chi connectivity index (χ0n) is 11.1. The monoisotopic (exact) mass is 271 g/mol. The van der Waals surface area contributed by atoms with Crippen LogP contribution >= 0.6 is 11.6 Å². The van der Waals surface area contributed by atoms with Gasteiger partial charge in [-0.15, -0.1) is 0 Å². The highest BCUT2D eigenvalue weighted by Gasteiger charge is 2.11. The summed E-state index contributed by atoms with van der Waals surface area (Å²) < 4.78 is 2.09. The van der Waals surface area contributed by atoms with Crippen molar-refractivity contribution in [1.82, 2.24) is 14.5 Å². The lowest BCUT2D eigenvalue weighted by molar-refractivity contribution is 0.957. The van der Waals surface area contributed by atoms with Gasteiger partial charge in [0.1, 0.15) is 11.0 Å². The number of aromatic nitrogens is 3. The van der Waals surface area contributed by atoms with E-state index in [1.165, 1.54) is 11.1 Å². The van der Waals surface area contributed by atoms with Gasteiger partial charge in [-0.2, -0.15) is 0 Å². The molecule has 0 aliphatic rings. The Morgan fingerprint density at radius 2 is 1.84 bits per heavy atom. The predicted molar refractivity (Wildman–Crippen MR) is 78.4 cm³/mol. The summed E-state index contributed by atoms with van der Waals surface area (Å²) in [5, 5.41) is 0.495. The summed E-state index contributed by atoms with van der Waals surface area (Å²) in [5.74, 6) is 0.907. The number of benzene rings is 1. The maximum absolute atomic E-state index is 5.82. The fraction of sp³-hybridized carbons (Fsp3) is 0.200. The van der Waals surface area contributed by atoms with Crippen LogP contribution in [0, 0.1) is 13.8 Å². The van der Waals surface area contributed by atoms with Gasteiger partial charge in [0.2, 0.25) is 0 Å². The largest absolute Gasteiger partial charge is 0.327 e. The number of pyridine rings is 1. The van der Waals surface area contributed by atoms with Crippen molar-refractivity contribution < 1.29 is 0 Å². The molecule has 3 rings (SSSR count). The topological polar surface area (TPSA) is 30.7 Å². The van der Waals surface area contributed by atoms with E-state index < -0.39 is 0 Å². The van der Waals surface area contributed by atoms with Crippen molar-refractivity contribution >= 4 is 22.6 Å². The second-order valence-electron chi connectivity index (χ2n) is 4.79. The fourth-order valence-electron chi connectivity index (χ4n) is 2.21. The van der Waals surface area contributed by atoms with Gasteiger partial charge in [-0.3, -0.25) is 0 Å². The van der Waals surface area contributed by atoms with E-state index in [4.69, 9.17) is 16.6 Å². The molecule has 0 radical (unpaired) electrons. The number of nitrogens with zero attached hydrogens (tertiary/aromatic N) is 3. The first-order valence-electron chi connectivity index (χ1n) is 6.12. The van der Waals surface area contributed by atoms with E-state index in [-0.39, 0.29) is 0 Å². The molecule has 3 aromatic rings. The van der Waals surface area contributed by atoms with Gasteiger partial charge in [-0.1, -0.05) is 11.6 Å². The molecule has 0 atom stereocenters. The molecular formula is C15H14ClN3. The van der Waals surface area contributed by atoms with Crippen LogP contribution in [-0.4, -0.2) is 14.5 Å². The lowest BCUT2D eigenvalue weighted by Gasteiger charge is -2.03. The zero-order valence-corrected chi connectivity index (χ0v) is 11.9. The van der Waals surface area contributed by atoms with Crippen LogP contribution in [0.15, 0.2) is 30.5 Å². The summed E-state index contributed by atoms with van der Waals surface area (Å²) in [6.45, 7) is 4.22. The molecule has 19 heavy (non-hydrogen) atoms. The van der Waals surface area contributed by atoms with Gasteiger partial charge >= 0.3 is 0 Å². The summed E-state index contributed by atoms with van der Waals surface area (Å²) in [6.07, 6.45) is 1.75. The molecule has 0 aliphatic heterocycles. The molecule has 2 aromatic heterocycles. The highest BCUT2D eigenvalue weighted by atomic mass is 35.5. The average molecular weight is 272 g/mol. The van der Waals surface area contributed by atoms with Crippen LogP contribution in [0.25, 0.3) is 22.4 Å². The summed E-state index contributed by atoms with van der Waals surface area (Å²) >= 11 is 5.82. The lowest BCUT2D eigenvalue weighted by atomic mass is 10.1. The molecule has 1 aromatic carbocycles. The second kappa shape index (κ2) is 4.35. The minimum atomic E-state index is 0.495. The minimum Gasteiger partial charge on any atom is -0.327 e. The van der Waals surface area contributed by atoms with Crippen molar-refractivity contribution in [2.45, 2.75) is 13.8 Å². The molecule has 0 amide bonds. The fourth-order valence-corrected chi connectivity index (χ4v) is 2.33. The molecule has 0 spiro atoms. The van der Waals surface area contributed by atoms with Crippen LogP contribution < -0.4 is 0 Å². The molecule has 0 bridgehead atoms. The Balaban J connectivity index is 2.25. The van der Waals surface area contributed by atoms with Crippen LogP contribution in [-0.2, 0) is 7.05 Å². The number of aryl methyl sites for hydroxylation is 3. The van der Waals surface area contributed by atoms with Crippen molar-refractivity contribution in [3.8, 4) is 11.4 Å². The highest BCUT2D eigenvalue weighted by Crippen LogP contribution is 2.25. The van der Waals surface area contributed by atoms with Crippen LogP contribution in [0.1, 0.15) is 11.1 Å². The maximum atomic E-state index is 5.82. The number of fused-ring (bicyclic) bond motifs is 1. The van der Waals surface area contributed by atoms with E-state index in [2.05, 4.69) is 35.5 Å². The summed E-state index contributed by atoms with van der Waals surface area (Å²) in [7, 11) is 2.02. The van der Waals surface area contributed by atoms with Gasteiger partial charge in [-0.05, 0) is 49.2 Å². The molecule has 4 heteroatoms. The smallest absolute Gasteiger partial charge is 0.142 e. The highest BCUT2D eigenvalue weighted by molar-refractivity contribution is 6.29. The van der Waals surface area contributed by atoms with Gasteiger partial charge in [0.15, 0.2) is 0 Å². The molecule has 0 saturated carbocycles. The Bertz CT molecular complexity index is 757. The first-order chi connectivity index (χ1) is 9.06.